The van der Waals surface area contributed by atoms with E-state index in [1.807, 2.05) is 0 Å². The minimum absolute atomic E-state index is 1.78. The molecular formula is C11HCl23. The zero-order valence-corrected chi connectivity index (χ0v) is 31.7. The van der Waals surface area contributed by atoms with Crippen molar-refractivity contribution in [2.24, 2.45) is 0 Å². The summed E-state index contributed by atoms with van der Waals surface area (Å²) >= 11 is 141. The lowest BCUT2D eigenvalue weighted by atomic mass is 9.96. The van der Waals surface area contributed by atoms with Gasteiger partial charge in [-0.3, -0.25) is 0 Å². The van der Waals surface area contributed by atoms with Gasteiger partial charge >= 0.3 is 0 Å². The van der Waals surface area contributed by atoms with Crippen molar-refractivity contribution < 1.29 is 0 Å². The summed E-state index contributed by atoms with van der Waals surface area (Å²) in [5, 5.41) is 0. The Balaban J connectivity index is 7.26. The summed E-state index contributed by atoms with van der Waals surface area (Å²) in [5.74, 6) is 0. The lowest BCUT2D eigenvalue weighted by Crippen LogP contribution is -2.74. The van der Waals surface area contributed by atoms with Crippen molar-refractivity contribution >= 4 is 267 Å². The van der Waals surface area contributed by atoms with E-state index in [4.69, 9.17) is 267 Å². The quantitative estimate of drug-likeness (QED) is 0.213. The van der Waals surface area contributed by atoms with Crippen LogP contribution in [-0.4, -0.2) is 47.6 Å². The van der Waals surface area contributed by atoms with E-state index in [1.165, 1.54) is 0 Å². The zero-order chi connectivity index (χ0) is 28.6. The Bertz CT molecular complexity index is 719. The maximum absolute atomic E-state index is 6.34. The van der Waals surface area contributed by atoms with Crippen LogP contribution in [0.4, 0.5) is 0 Å². The second-order valence-corrected chi connectivity index (χ2v) is 21.6. The van der Waals surface area contributed by atoms with Crippen molar-refractivity contribution in [2.45, 2.75) is 47.6 Å². The van der Waals surface area contributed by atoms with Gasteiger partial charge in [-0.15, -0.1) is 34.8 Å². The summed E-state index contributed by atoms with van der Waals surface area (Å²) in [6, 6.07) is 0. The van der Waals surface area contributed by atoms with Crippen molar-refractivity contribution in [3.63, 3.8) is 0 Å². The third kappa shape index (κ3) is 6.25. The maximum atomic E-state index is 6.34. The Hall–Kier alpha value is 6.67. The second kappa shape index (κ2) is 12.2. The van der Waals surface area contributed by atoms with Gasteiger partial charge in [0.1, 0.15) is 4.84 Å². The maximum Gasteiger partial charge on any atom is 0.216 e. The van der Waals surface area contributed by atoms with Crippen LogP contribution >= 0.6 is 267 Å². The number of hydrogen-bond donors (Lipinski definition) is 0. The normalized spacial score (nSPS) is 16.9. The fourth-order valence-corrected chi connectivity index (χ4v) is 10.3. The molecule has 0 spiro atoms. The first-order valence-electron chi connectivity index (χ1n) is 6.94. The average molecular weight is 949 g/mol. The number of rotatable bonds is 8. The van der Waals surface area contributed by atoms with Crippen LogP contribution in [-0.2, 0) is 0 Å². The Morgan fingerprint density at radius 3 is 0.706 bits per heavy atom. The van der Waals surface area contributed by atoms with Crippen molar-refractivity contribution in [1.29, 1.82) is 0 Å². The van der Waals surface area contributed by atoms with Crippen LogP contribution in [0.5, 0.6) is 0 Å². The van der Waals surface area contributed by atoms with Crippen LogP contribution in [0.25, 0.3) is 0 Å². The van der Waals surface area contributed by atoms with E-state index in [0.717, 1.165) is 0 Å². The summed E-state index contributed by atoms with van der Waals surface area (Å²) in [5.41, 5.74) is 0. The van der Waals surface area contributed by atoms with E-state index in [1.54, 1.807) is 0 Å². The summed E-state index contributed by atoms with van der Waals surface area (Å²) in [7, 11) is 0. The van der Waals surface area contributed by atoms with E-state index >= 15 is 0 Å². The zero-order valence-electron chi connectivity index (χ0n) is 14.3. The molecule has 0 saturated heterocycles. The van der Waals surface area contributed by atoms with Gasteiger partial charge in [0.25, 0.3) is 0 Å². The first kappa shape index (κ1) is 40.7. The molecule has 23 heteroatoms. The number of hydrogen-bond acceptors (Lipinski definition) is 0. The molecule has 0 N–H and O–H groups in total. The molecule has 0 heterocycles. The molecular weight excluding hydrogens is 948 g/mol. The van der Waals surface area contributed by atoms with Crippen molar-refractivity contribution in [2.75, 3.05) is 0 Å². The molecule has 0 bridgehead atoms. The first-order chi connectivity index (χ1) is 14.2. The second-order valence-electron chi connectivity index (χ2n) is 6.02. The highest BCUT2D eigenvalue weighted by Gasteiger charge is 2.85. The Labute approximate surface area is 309 Å². The molecule has 0 fully saturated rings. The fourth-order valence-electron chi connectivity index (χ4n) is 1.87. The van der Waals surface area contributed by atoms with Gasteiger partial charge in [0.15, 0.2) is 35.2 Å². The lowest BCUT2D eigenvalue weighted by molar-refractivity contribution is 0.404. The molecule has 0 unspecified atom stereocenters. The van der Waals surface area contributed by atoms with Gasteiger partial charge in [-0.1, -0.05) is 232 Å². The van der Waals surface area contributed by atoms with Gasteiger partial charge in [0.2, 0.25) is 7.59 Å². The Morgan fingerprint density at radius 1 is 0.294 bits per heavy atom. The van der Waals surface area contributed by atoms with Crippen LogP contribution in [0, 0.1) is 0 Å². The molecule has 34 heavy (non-hydrogen) atoms. The highest BCUT2D eigenvalue weighted by molar-refractivity contribution is 6.84. The predicted molar refractivity (Wildman–Crippen MR) is 166 cm³/mol. The third-order valence-electron chi connectivity index (χ3n) is 3.88. The van der Waals surface area contributed by atoms with Crippen molar-refractivity contribution in [3.8, 4) is 0 Å². The van der Waals surface area contributed by atoms with E-state index < -0.39 is 47.6 Å². The van der Waals surface area contributed by atoms with E-state index in [2.05, 4.69) is 0 Å². The first-order valence-corrected chi connectivity index (χ1v) is 15.8. The molecule has 0 aliphatic rings. The SMILES string of the molecule is ClC(Cl)C(Cl)(Cl)C(Cl)(Cl)C(Cl)(Cl)C(Cl)(Cl)C(Cl)(Cl)C(Cl)(Cl)C(Cl)(Cl)C(Cl)(C(Cl)(Cl)Cl)C(Cl)(Cl)Cl. The summed E-state index contributed by atoms with van der Waals surface area (Å²) in [4.78, 5) is -4.87. The van der Waals surface area contributed by atoms with Crippen molar-refractivity contribution in [3.05, 3.63) is 0 Å². The van der Waals surface area contributed by atoms with Gasteiger partial charge in [0.05, 0.1) is 0 Å². The predicted octanol–water partition coefficient (Wildman–Crippen LogP) is 13.7. The molecule has 0 aliphatic heterocycles. The molecule has 206 valence electrons. The average Bonchev–Trinajstić information content (AvgIpc) is 2.57. The largest absolute Gasteiger partial charge is 0.216 e. The standard InChI is InChI=1S/C11HCl23/c12-1(13)2(14,15)4(17,18)6(21,22)8(25,26)9(27,28)7(23,24)5(19,20)3(16,10(29,30)31)11(32,33)34/h1H. The summed E-state index contributed by atoms with van der Waals surface area (Å²) < 4.78 is -27.4. The van der Waals surface area contributed by atoms with Crippen LogP contribution in [0.2, 0.25) is 0 Å². The van der Waals surface area contributed by atoms with Crippen LogP contribution < -0.4 is 0 Å². The molecule has 0 amide bonds. The van der Waals surface area contributed by atoms with Gasteiger partial charge in [-0.25, -0.2) is 0 Å². The molecule has 0 aromatic heterocycles. The van der Waals surface area contributed by atoms with Crippen LogP contribution in [0.1, 0.15) is 0 Å². The molecule has 0 aromatic carbocycles. The molecule has 0 aromatic rings. The Kier molecular flexibility index (Phi) is 14.6. The highest BCUT2D eigenvalue weighted by atomic mass is 35.6. The molecule has 0 saturated carbocycles. The monoisotopic (exact) mass is 937 g/mol. The molecule has 0 nitrogen and oxygen atoms in total. The minimum Gasteiger partial charge on any atom is -0.106 e. The molecule has 0 radical (unpaired) electrons. The fraction of sp³-hybridized carbons (Fsp3) is 1.00. The van der Waals surface area contributed by atoms with Gasteiger partial charge < -0.3 is 0 Å². The van der Waals surface area contributed by atoms with E-state index in [0.29, 0.717) is 0 Å². The van der Waals surface area contributed by atoms with Gasteiger partial charge in [-0.2, -0.15) is 0 Å². The van der Waals surface area contributed by atoms with Crippen molar-refractivity contribution in [1.82, 2.24) is 0 Å². The summed E-state index contributed by atoms with van der Waals surface area (Å²) in [6.07, 6.45) is 0. The van der Waals surface area contributed by atoms with E-state index in [-0.39, 0.29) is 0 Å². The highest BCUT2D eigenvalue weighted by Crippen LogP contribution is 2.75. The van der Waals surface area contributed by atoms with Crippen LogP contribution in [0.3, 0.4) is 0 Å². The summed E-state index contributed by atoms with van der Waals surface area (Å²) in [6.45, 7) is 0. The smallest absolute Gasteiger partial charge is 0.106 e. The number of alkyl halides is 23. The molecule has 0 atom stereocenters. The van der Waals surface area contributed by atoms with E-state index in [9.17, 15) is 0 Å². The Morgan fingerprint density at radius 2 is 0.500 bits per heavy atom. The number of halogens is 23. The topological polar surface area (TPSA) is 0 Å². The van der Waals surface area contributed by atoms with Gasteiger partial charge in [0, 0.05) is 0 Å². The third-order valence-corrected chi connectivity index (χ3v) is 18.5. The van der Waals surface area contributed by atoms with Crippen LogP contribution in [0.15, 0.2) is 0 Å². The lowest BCUT2D eigenvalue weighted by Gasteiger charge is -2.57. The molecule has 0 rings (SSSR count). The van der Waals surface area contributed by atoms with Gasteiger partial charge in [-0.05, 0) is 0 Å². The minimum atomic E-state index is -3.27. The molecule has 0 aliphatic carbocycles.